The van der Waals surface area contributed by atoms with E-state index in [0.717, 1.165) is 5.56 Å². The number of hydrogen-bond acceptors (Lipinski definition) is 8. The van der Waals surface area contributed by atoms with E-state index >= 15 is 0 Å². The average Bonchev–Trinajstić information content (AvgIpc) is 2.63. The first-order valence-corrected chi connectivity index (χ1v) is 21.0. The second-order valence-electron chi connectivity index (χ2n) is 7.43. The summed E-state index contributed by atoms with van der Waals surface area (Å²) >= 11 is 10.4. The molecular weight excluding hydrogens is 721 g/mol. The summed E-state index contributed by atoms with van der Waals surface area (Å²) in [5.74, 6) is 0. The summed E-state index contributed by atoms with van der Waals surface area (Å²) in [6.07, 6.45) is 0. The molecule has 0 aliphatic heterocycles. The lowest BCUT2D eigenvalue weighted by atomic mass is 10.2. The highest BCUT2D eigenvalue weighted by atomic mass is 35.5. The maximum atomic E-state index is 11.0. The fraction of sp³-hybridized carbons (Fsp3) is 0.500. The van der Waals surface area contributed by atoms with Crippen molar-refractivity contribution in [1.29, 1.82) is 0 Å². The molecule has 18 nitrogen and oxygen atoms in total. The van der Waals surface area contributed by atoms with Crippen LogP contribution in [0.3, 0.4) is 0 Å². The molecule has 0 saturated carbocycles. The van der Waals surface area contributed by atoms with Crippen LogP contribution in [-0.4, -0.2) is 79.2 Å². The highest BCUT2D eigenvalue weighted by molar-refractivity contribution is 8.12. The van der Waals surface area contributed by atoms with E-state index in [1.54, 1.807) is 24.3 Å². The molecule has 39 heavy (non-hydrogen) atoms. The minimum atomic E-state index is -5.20. The maximum Gasteiger partial charge on any atom is 0.371 e. The minimum Gasteiger partial charge on any atom is -0.368 e. The summed E-state index contributed by atoms with van der Waals surface area (Å²) in [7, 11) is -29.3. The summed E-state index contributed by atoms with van der Waals surface area (Å²) in [6.45, 7) is 2.89. The van der Waals surface area contributed by atoms with Crippen molar-refractivity contribution in [1.82, 2.24) is 0 Å². The Hall–Kier alpha value is 1.05. The van der Waals surface area contributed by atoms with Crippen LogP contribution in [0, 0.1) is 6.92 Å². The van der Waals surface area contributed by atoms with Crippen LogP contribution in [0.4, 0.5) is 0 Å². The number of aliphatic hydroxyl groups is 1. The third-order valence-corrected chi connectivity index (χ3v) is 20.4. The van der Waals surface area contributed by atoms with Crippen LogP contribution in [0.25, 0.3) is 0 Å². The standard InChI is InChI=1S/C8H12O6P2S.C2H6Cl2O5P2.C2H8O7P2/c1-6-2-4-7(5-3-6)17-8(15(9,10)11)16(12,13)14;1-10(5,6)2(3,4)11(7,8)9;1-2(3,10(4,5)6)11(7,8)9/h2-5,8H,1H3,(H2,9,10,11)(H2,12,13,14);1H3,(H,5,6)(H2,7,8,9);3H,1H3,(H2,4,5,6)(H2,7,8,9). The molecule has 0 spiro atoms. The lowest BCUT2D eigenvalue weighted by Crippen LogP contribution is -2.23. The lowest BCUT2D eigenvalue weighted by Gasteiger charge is -2.24. The van der Waals surface area contributed by atoms with Gasteiger partial charge in [-0.2, -0.15) is 0 Å². The highest BCUT2D eigenvalue weighted by Crippen LogP contribution is 2.74. The van der Waals surface area contributed by atoms with Crippen molar-refractivity contribution in [2.75, 3.05) is 6.66 Å². The zero-order chi connectivity index (χ0) is 32.3. The zero-order valence-electron chi connectivity index (χ0n) is 19.6. The quantitative estimate of drug-likeness (QED) is 0.103. The van der Waals surface area contributed by atoms with E-state index < -0.39 is 59.0 Å². The van der Waals surface area contributed by atoms with Crippen LogP contribution >= 0.6 is 80.3 Å². The van der Waals surface area contributed by atoms with Crippen LogP contribution in [0.15, 0.2) is 29.2 Å². The molecule has 1 unspecified atom stereocenters. The fourth-order valence-electron chi connectivity index (χ4n) is 1.48. The Labute approximate surface area is 235 Å². The normalized spacial score (nSPS) is 15.4. The van der Waals surface area contributed by atoms with Crippen molar-refractivity contribution in [3.8, 4) is 0 Å². The van der Waals surface area contributed by atoms with Gasteiger partial charge in [0.15, 0.2) is 0 Å². The fourth-order valence-corrected chi connectivity index (χ4v) is 8.71. The van der Waals surface area contributed by atoms with Crippen molar-refractivity contribution in [3.05, 3.63) is 29.8 Å². The van der Waals surface area contributed by atoms with E-state index in [9.17, 15) is 27.4 Å². The molecule has 1 aromatic carbocycles. The Balaban J connectivity index is 0. The average molecular weight is 747 g/mol. The molecule has 1 aromatic rings. The van der Waals surface area contributed by atoms with E-state index in [1.807, 2.05) is 6.92 Å². The largest absolute Gasteiger partial charge is 0.371 e. The molecule has 0 aliphatic carbocycles. The Morgan fingerprint density at radius 3 is 1.15 bits per heavy atom. The van der Waals surface area contributed by atoms with E-state index in [0.29, 0.717) is 30.2 Å². The molecule has 0 bridgehead atoms. The molecule has 0 amide bonds. The van der Waals surface area contributed by atoms with Gasteiger partial charge in [0.25, 0.3) is 8.90 Å². The minimum absolute atomic E-state index is 0.383. The Morgan fingerprint density at radius 1 is 0.692 bits per heavy atom. The molecule has 1 atom stereocenters. The first kappa shape index (κ1) is 42.2. The van der Waals surface area contributed by atoms with Crippen LogP contribution < -0.4 is 0 Å². The highest BCUT2D eigenvalue weighted by Gasteiger charge is 2.56. The van der Waals surface area contributed by atoms with Gasteiger partial charge in [0.2, 0.25) is 12.1 Å². The van der Waals surface area contributed by atoms with Crippen LogP contribution in [0.2, 0.25) is 0 Å². The van der Waals surface area contributed by atoms with Gasteiger partial charge >= 0.3 is 38.0 Å². The van der Waals surface area contributed by atoms with Gasteiger partial charge in [-0.15, -0.1) is 0 Å². The molecule has 0 radical (unpaired) electrons. The summed E-state index contributed by atoms with van der Waals surface area (Å²) in [4.78, 5) is 94.6. The number of halogens is 2. The predicted octanol–water partition coefficient (Wildman–Crippen LogP) is 1.89. The number of rotatable bonds is 8. The van der Waals surface area contributed by atoms with Gasteiger partial charge in [0, 0.05) is 11.6 Å². The summed E-state index contributed by atoms with van der Waals surface area (Å²) in [5, 5.41) is 5.37. The first-order chi connectivity index (χ1) is 16.6. The molecule has 0 saturated heterocycles. The molecule has 12 N–H and O–H groups in total. The third-order valence-electron chi connectivity index (χ3n) is 3.79. The van der Waals surface area contributed by atoms with Crippen molar-refractivity contribution in [2.45, 2.75) is 32.4 Å². The number of thioether (sulfide) groups is 1. The van der Waals surface area contributed by atoms with Crippen molar-refractivity contribution in [2.24, 2.45) is 0 Å². The second-order valence-corrected chi connectivity index (χ2v) is 24.3. The number of aryl methyl sites for hydroxylation is 1. The lowest BCUT2D eigenvalue weighted by molar-refractivity contribution is 0.146. The van der Waals surface area contributed by atoms with Gasteiger partial charge in [-0.25, -0.2) is 0 Å². The smallest absolute Gasteiger partial charge is 0.368 e. The van der Waals surface area contributed by atoms with E-state index in [-0.39, 0.29) is 0 Å². The van der Waals surface area contributed by atoms with Crippen molar-refractivity contribution in [3.63, 3.8) is 0 Å². The van der Waals surface area contributed by atoms with Crippen LogP contribution in [-0.2, 0) is 27.4 Å². The number of alkyl halides is 2. The molecule has 0 aliphatic rings. The predicted molar refractivity (Wildman–Crippen MR) is 142 cm³/mol. The van der Waals surface area contributed by atoms with Crippen molar-refractivity contribution < 1.29 is 86.3 Å². The monoisotopic (exact) mass is 746 g/mol. The van der Waals surface area contributed by atoms with Gasteiger partial charge in [0.05, 0.1) is 0 Å². The van der Waals surface area contributed by atoms with E-state index in [2.05, 4.69) is 0 Å². The van der Waals surface area contributed by atoms with Crippen molar-refractivity contribution >= 4 is 80.3 Å². The summed E-state index contributed by atoms with van der Waals surface area (Å²) in [6, 6.07) is 6.49. The SMILES string of the molecule is CC(O)(P(=O)(O)O)P(=O)(O)O.CP(=O)(O)C(Cl)(Cl)P(=O)(O)O.Cc1ccc(SC(P(=O)(O)O)P(=O)(O)O)cc1. The third kappa shape index (κ3) is 13.5. The molecule has 27 heteroatoms. The van der Waals surface area contributed by atoms with Crippen LogP contribution in [0.5, 0.6) is 0 Å². The van der Waals surface area contributed by atoms with Gasteiger partial charge in [-0.05, 0) is 26.0 Å². The maximum absolute atomic E-state index is 11.0. The number of benzene rings is 1. The Morgan fingerprint density at radius 2 is 1.00 bits per heavy atom. The Bertz CT molecular complexity index is 1130. The topological polar surface area (TPSA) is 345 Å². The zero-order valence-corrected chi connectivity index (χ0v) is 27.2. The first-order valence-electron chi connectivity index (χ1n) is 9.02. The van der Waals surface area contributed by atoms with E-state index in [4.69, 9.17) is 82.1 Å². The van der Waals surface area contributed by atoms with Crippen LogP contribution in [0.1, 0.15) is 12.5 Å². The Kier molecular flexibility index (Phi) is 15.4. The molecular formula is C12H26Cl2O18P6S. The van der Waals surface area contributed by atoms with Gasteiger partial charge in [0.1, 0.15) is 0 Å². The molecule has 0 fully saturated rings. The molecule has 232 valence electrons. The summed E-state index contributed by atoms with van der Waals surface area (Å²) < 4.78 is 58.7. The number of hydrogen-bond donors (Lipinski definition) is 12. The van der Waals surface area contributed by atoms with Gasteiger partial charge in [-0.1, -0.05) is 52.7 Å². The molecule has 0 aromatic heterocycles. The van der Waals surface area contributed by atoms with Gasteiger partial charge in [-0.3, -0.25) is 27.4 Å². The molecule has 0 heterocycles. The molecule has 1 rings (SSSR count). The van der Waals surface area contributed by atoms with E-state index in [1.165, 1.54) is 0 Å². The summed E-state index contributed by atoms with van der Waals surface area (Å²) in [5.41, 5.74) is 0.943. The second kappa shape index (κ2) is 14.2. The van der Waals surface area contributed by atoms with Gasteiger partial charge < -0.3 is 58.9 Å².